The molecule has 0 radical (unpaired) electrons. The third-order valence-electron chi connectivity index (χ3n) is 3.03. The van der Waals surface area contributed by atoms with Crippen molar-refractivity contribution in [3.05, 3.63) is 64.3 Å². The molecule has 0 spiro atoms. The Hall–Kier alpha value is -1.94. The zero-order chi connectivity index (χ0) is 15.2. The van der Waals surface area contributed by atoms with Gasteiger partial charge in [0.1, 0.15) is 5.82 Å². The number of halogens is 1. The van der Waals surface area contributed by atoms with Crippen molar-refractivity contribution in [1.82, 2.24) is 4.98 Å². The molecule has 2 aromatic rings. The maximum Gasteiger partial charge on any atom is 0.252 e. The van der Waals surface area contributed by atoms with E-state index >= 15 is 0 Å². The van der Waals surface area contributed by atoms with Gasteiger partial charge in [0.05, 0.1) is 0 Å². The van der Waals surface area contributed by atoms with Crippen molar-refractivity contribution in [3.8, 4) is 0 Å². The lowest BCUT2D eigenvalue weighted by atomic mass is 10.1. The van der Waals surface area contributed by atoms with Gasteiger partial charge in [-0.1, -0.05) is 29.8 Å². The topological polar surface area (TPSA) is 33.2 Å². The maximum absolute atomic E-state index is 12.3. The summed E-state index contributed by atoms with van der Waals surface area (Å²) in [7, 11) is 0. The van der Waals surface area contributed by atoms with Gasteiger partial charge in [-0.05, 0) is 53.5 Å². The smallest absolute Gasteiger partial charge is 0.252 e. The number of carbonyl (C=O) groups excluding carboxylic acids is 1. The number of nitrogens with zero attached hydrogens (tertiary/aromatic N) is 2. The van der Waals surface area contributed by atoms with Crippen molar-refractivity contribution in [2.75, 3.05) is 11.4 Å². The summed E-state index contributed by atoms with van der Waals surface area (Å²) in [6.45, 7) is 4.54. The Morgan fingerprint density at radius 2 is 2.14 bits per heavy atom. The predicted octanol–water partition coefficient (Wildman–Crippen LogP) is 4.22. The van der Waals surface area contributed by atoms with E-state index in [9.17, 15) is 4.79 Å². The predicted molar refractivity (Wildman–Crippen MR) is 90.2 cm³/mol. The first-order valence-electron chi connectivity index (χ1n) is 6.78. The summed E-state index contributed by atoms with van der Waals surface area (Å²) in [5.41, 5.74) is 2.19. The van der Waals surface area contributed by atoms with Crippen molar-refractivity contribution in [2.45, 2.75) is 13.8 Å². The molecule has 108 valence electrons. The number of rotatable bonds is 4. The van der Waals surface area contributed by atoms with Gasteiger partial charge in [-0.3, -0.25) is 9.69 Å². The van der Waals surface area contributed by atoms with Crippen LogP contribution in [0.25, 0.3) is 6.08 Å². The second-order valence-electron chi connectivity index (χ2n) is 4.66. The molecular formula is C17H17BrN2O. The highest BCUT2D eigenvalue weighted by Crippen LogP contribution is 2.15. The van der Waals surface area contributed by atoms with Crippen molar-refractivity contribution < 1.29 is 4.79 Å². The standard InChI is InChI=1S/C17H17BrN2O/c1-3-20(16-9-8-15(18)12-19-16)17(21)10-7-14-6-4-5-13(2)11-14/h4-12H,3H2,1-2H3/b10-7+. The third kappa shape index (κ3) is 4.26. The van der Waals surface area contributed by atoms with Gasteiger partial charge in [-0.2, -0.15) is 0 Å². The number of carbonyl (C=O) groups is 1. The minimum Gasteiger partial charge on any atom is -0.294 e. The molecule has 0 atom stereocenters. The Morgan fingerprint density at radius 3 is 2.76 bits per heavy atom. The molecule has 1 aromatic heterocycles. The van der Waals surface area contributed by atoms with Gasteiger partial charge in [-0.25, -0.2) is 4.98 Å². The second kappa shape index (κ2) is 7.18. The van der Waals surface area contributed by atoms with Crippen LogP contribution in [-0.2, 0) is 4.79 Å². The average Bonchev–Trinajstić information content (AvgIpc) is 2.48. The first-order valence-corrected chi connectivity index (χ1v) is 7.57. The lowest BCUT2D eigenvalue weighted by Gasteiger charge is -2.17. The van der Waals surface area contributed by atoms with Crippen LogP contribution < -0.4 is 4.90 Å². The number of aryl methyl sites for hydroxylation is 1. The van der Waals surface area contributed by atoms with Gasteiger partial charge < -0.3 is 0 Å². The molecule has 1 aromatic carbocycles. The van der Waals surface area contributed by atoms with Crippen LogP contribution in [0.2, 0.25) is 0 Å². The normalized spacial score (nSPS) is 10.8. The quantitative estimate of drug-likeness (QED) is 0.778. The first-order chi connectivity index (χ1) is 10.1. The van der Waals surface area contributed by atoms with Crippen molar-refractivity contribution in [3.63, 3.8) is 0 Å². The van der Waals surface area contributed by atoms with Gasteiger partial charge >= 0.3 is 0 Å². The lowest BCUT2D eigenvalue weighted by Crippen LogP contribution is -2.29. The van der Waals surface area contributed by atoms with E-state index in [1.54, 1.807) is 17.2 Å². The fraction of sp³-hybridized carbons (Fsp3) is 0.176. The summed E-state index contributed by atoms with van der Waals surface area (Å²) in [5.74, 6) is 0.577. The highest BCUT2D eigenvalue weighted by Gasteiger charge is 2.11. The van der Waals surface area contributed by atoms with Gasteiger partial charge in [0.15, 0.2) is 0 Å². The number of hydrogen-bond donors (Lipinski definition) is 0. The van der Waals surface area contributed by atoms with Gasteiger partial charge in [-0.15, -0.1) is 0 Å². The monoisotopic (exact) mass is 344 g/mol. The van der Waals surface area contributed by atoms with Crippen LogP contribution in [0.5, 0.6) is 0 Å². The molecule has 0 aliphatic carbocycles. The first kappa shape index (κ1) is 15.4. The van der Waals surface area contributed by atoms with E-state index in [4.69, 9.17) is 0 Å². The Kier molecular flexibility index (Phi) is 5.28. The van der Waals surface area contributed by atoms with Crippen LogP contribution in [0.3, 0.4) is 0 Å². The maximum atomic E-state index is 12.3. The molecule has 2 rings (SSSR count). The Labute approximate surface area is 133 Å². The van der Waals surface area contributed by atoms with Crippen LogP contribution >= 0.6 is 15.9 Å². The minimum absolute atomic E-state index is 0.0752. The number of likely N-dealkylation sites (N-methyl/N-ethyl adjacent to an activating group) is 1. The van der Waals surface area contributed by atoms with Crippen LogP contribution in [0.15, 0.2) is 53.1 Å². The molecule has 3 nitrogen and oxygen atoms in total. The molecule has 0 saturated heterocycles. The zero-order valence-corrected chi connectivity index (χ0v) is 13.7. The zero-order valence-electron chi connectivity index (χ0n) is 12.1. The number of benzene rings is 1. The lowest BCUT2D eigenvalue weighted by molar-refractivity contribution is -0.114. The van der Waals surface area contributed by atoms with E-state index in [-0.39, 0.29) is 5.91 Å². The molecule has 1 heterocycles. The van der Waals surface area contributed by atoms with E-state index in [0.717, 1.165) is 10.0 Å². The van der Waals surface area contributed by atoms with Gasteiger partial charge in [0, 0.05) is 23.3 Å². The summed E-state index contributed by atoms with van der Waals surface area (Å²) in [6.07, 6.45) is 5.11. The highest BCUT2D eigenvalue weighted by atomic mass is 79.9. The molecule has 0 bridgehead atoms. The molecule has 4 heteroatoms. The molecule has 0 unspecified atom stereocenters. The Bertz CT molecular complexity index is 650. The summed E-state index contributed by atoms with van der Waals surface area (Å²) >= 11 is 3.34. The summed E-state index contributed by atoms with van der Waals surface area (Å²) in [5, 5.41) is 0. The van der Waals surface area contributed by atoms with Gasteiger partial charge in [0.25, 0.3) is 5.91 Å². The van der Waals surface area contributed by atoms with E-state index in [2.05, 4.69) is 20.9 Å². The average molecular weight is 345 g/mol. The molecule has 21 heavy (non-hydrogen) atoms. The van der Waals surface area contributed by atoms with Gasteiger partial charge in [0.2, 0.25) is 0 Å². The molecule has 0 N–H and O–H groups in total. The number of pyridine rings is 1. The molecule has 0 saturated carbocycles. The van der Waals surface area contributed by atoms with Crippen LogP contribution in [0, 0.1) is 6.92 Å². The van der Waals surface area contributed by atoms with Crippen LogP contribution in [-0.4, -0.2) is 17.4 Å². The van der Waals surface area contributed by atoms with Crippen molar-refractivity contribution in [2.24, 2.45) is 0 Å². The number of anilines is 1. The Balaban J connectivity index is 2.15. The summed E-state index contributed by atoms with van der Waals surface area (Å²) in [4.78, 5) is 18.2. The number of aromatic nitrogens is 1. The highest BCUT2D eigenvalue weighted by molar-refractivity contribution is 9.10. The fourth-order valence-electron chi connectivity index (χ4n) is 1.99. The second-order valence-corrected chi connectivity index (χ2v) is 5.58. The SMILES string of the molecule is CCN(C(=O)/C=C/c1cccc(C)c1)c1ccc(Br)cn1. The third-order valence-corrected chi connectivity index (χ3v) is 3.50. The van der Waals surface area contributed by atoms with E-state index in [1.165, 1.54) is 5.56 Å². The molecule has 0 aliphatic heterocycles. The Morgan fingerprint density at radius 1 is 1.33 bits per heavy atom. The van der Waals surface area contributed by atoms with Crippen molar-refractivity contribution >= 4 is 33.7 Å². The number of amides is 1. The van der Waals surface area contributed by atoms with Crippen LogP contribution in [0.4, 0.5) is 5.82 Å². The largest absolute Gasteiger partial charge is 0.294 e. The minimum atomic E-state index is -0.0752. The van der Waals surface area contributed by atoms with Crippen molar-refractivity contribution in [1.29, 1.82) is 0 Å². The van der Waals surface area contributed by atoms with Crippen LogP contribution in [0.1, 0.15) is 18.1 Å². The summed E-state index contributed by atoms with van der Waals surface area (Å²) in [6, 6.07) is 11.7. The van der Waals surface area contributed by atoms with E-state index in [1.807, 2.05) is 56.3 Å². The molecular weight excluding hydrogens is 328 g/mol. The fourth-order valence-corrected chi connectivity index (χ4v) is 2.22. The molecule has 1 amide bonds. The molecule has 0 fully saturated rings. The van der Waals surface area contributed by atoms with E-state index in [0.29, 0.717) is 12.4 Å². The molecule has 0 aliphatic rings. The van der Waals surface area contributed by atoms with E-state index < -0.39 is 0 Å². The summed E-state index contributed by atoms with van der Waals surface area (Å²) < 4.78 is 0.894. The number of hydrogen-bond acceptors (Lipinski definition) is 2.